The predicted octanol–water partition coefficient (Wildman–Crippen LogP) is 4.47. The fraction of sp³-hybridized carbons (Fsp3) is 0.773. The number of ketones is 2. The van der Waals surface area contributed by atoms with Crippen molar-refractivity contribution in [3.05, 3.63) is 11.6 Å². The second-order valence-electron chi connectivity index (χ2n) is 10.0. The summed E-state index contributed by atoms with van der Waals surface area (Å²) in [6.45, 7) is 8.56. The van der Waals surface area contributed by atoms with Crippen molar-refractivity contribution in [3.63, 3.8) is 0 Å². The van der Waals surface area contributed by atoms with Crippen molar-refractivity contribution >= 4 is 11.6 Å². The van der Waals surface area contributed by atoms with E-state index in [4.69, 9.17) is 0 Å². The van der Waals surface area contributed by atoms with Crippen molar-refractivity contribution in [3.8, 4) is 6.07 Å². The summed E-state index contributed by atoms with van der Waals surface area (Å²) in [4.78, 5) is 25.3. The van der Waals surface area contributed by atoms with E-state index in [1.54, 1.807) is 0 Å². The lowest BCUT2D eigenvalue weighted by Gasteiger charge is -2.61. The summed E-state index contributed by atoms with van der Waals surface area (Å²) < 4.78 is 0. The van der Waals surface area contributed by atoms with Crippen LogP contribution in [0.3, 0.4) is 0 Å². The molecule has 0 aromatic carbocycles. The smallest absolute Gasteiger partial charge is 0.178 e. The first-order chi connectivity index (χ1) is 11.7. The van der Waals surface area contributed by atoms with Crippen molar-refractivity contribution in [2.24, 2.45) is 39.9 Å². The third-order valence-corrected chi connectivity index (χ3v) is 8.76. The molecule has 3 saturated carbocycles. The van der Waals surface area contributed by atoms with Gasteiger partial charge in [0, 0.05) is 17.3 Å². The second kappa shape index (κ2) is 5.06. The highest BCUT2D eigenvalue weighted by molar-refractivity contribution is 6.04. The van der Waals surface area contributed by atoms with E-state index in [1.807, 2.05) is 19.9 Å². The fourth-order valence-corrected chi connectivity index (χ4v) is 7.47. The number of allylic oxidation sites excluding steroid dienone is 2. The lowest BCUT2D eigenvalue weighted by molar-refractivity contribution is -0.145. The van der Waals surface area contributed by atoms with Gasteiger partial charge >= 0.3 is 0 Å². The minimum atomic E-state index is -0.466. The molecule has 3 nitrogen and oxygen atoms in total. The molecule has 3 heteroatoms. The first kappa shape index (κ1) is 17.0. The van der Waals surface area contributed by atoms with E-state index >= 15 is 0 Å². The van der Waals surface area contributed by atoms with Crippen molar-refractivity contribution in [2.45, 2.75) is 66.2 Å². The highest BCUT2D eigenvalue weighted by Gasteiger charge is 2.63. The van der Waals surface area contributed by atoms with Gasteiger partial charge in [0.15, 0.2) is 5.78 Å². The zero-order valence-electron chi connectivity index (χ0n) is 15.9. The van der Waals surface area contributed by atoms with Gasteiger partial charge in [-0.05, 0) is 61.2 Å². The number of hydrogen-bond donors (Lipinski definition) is 0. The Kier molecular flexibility index (Phi) is 3.44. The van der Waals surface area contributed by atoms with Crippen LogP contribution in [0.4, 0.5) is 0 Å². The van der Waals surface area contributed by atoms with Crippen LogP contribution in [0.5, 0.6) is 0 Å². The zero-order chi connectivity index (χ0) is 18.2. The molecular weight excluding hydrogens is 310 g/mol. The molecule has 0 saturated heterocycles. The van der Waals surface area contributed by atoms with E-state index in [0.717, 1.165) is 38.5 Å². The highest BCUT2D eigenvalue weighted by Crippen LogP contribution is 2.66. The maximum atomic E-state index is 12.8. The van der Waals surface area contributed by atoms with Gasteiger partial charge in [-0.15, -0.1) is 0 Å². The molecule has 0 aromatic heterocycles. The number of carbonyl (C=O) groups is 2. The molecule has 0 aromatic rings. The van der Waals surface area contributed by atoms with Gasteiger partial charge in [0.25, 0.3) is 0 Å². The summed E-state index contributed by atoms with van der Waals surface area (Å²) in [5.41, 5.74) is -0.323. The number of nitrogens with zero attached hydrogens (tertiary/aromatic N) is 1. The van der Waals surface area contributed by atoms with E-state index in [9.17, 15) is 14.9 Å². The minimum absolute atomic E-state index is 0.0209. The first-order valence-corrected chi connectivity index (χ1v) is 9.87. The zero-order valence-corrected chi connectivity index (χ0v) is 15.9. The van der Waals surface area contributed by atoms with Gasteiger partial charge in [-0.25, -0.2) is 0 Å². The Bertz CT molecular complexity index is 727. The van der Waals surface area contributed by atoms with Gasteiger partial charge in [-0.2, -0.15) is 5.26 Å². The lowest BCUT2D eigenvalue weighted by atomic mass is 9.42. The van der Waals surface area contributed by atoms with Gasteiger partial charge in [0.2, 0.25) is 0 Å². The monoisotopic (exact) mass is 339 g/mol. The van der Waals surface area contributed by atoms with Gasteiger partial charge in [0.1, 0.15) is 11.9 Å². The number of fused-ring (bicyclic) bond motifs is 5. The number of nitriles is 1. The van der Waals surface area contributed by atoms with Crippen molar-refractivity contribution in [2.75, 3.05) is 0 Å². The summed E-state index contributed by atoms with van der Waals surface area (Å²) in [7, 11) is 0. The number of hydrogen-bond acceptors (Lipinski definition) is 3. The lowest BCUT2D eigenvalue weighted by Crippen LogP contribution is -2.57. The van der Waals surface area contributed by atoms with Crippen LogP contribution >= 0.6 is 0 Å². The third-order valence-electron chi connectivity index (χ3n) is 8.76. The largest absolute Gasteiger partial charge is 0.299 e. The fourth-order valence-electron chi connectivity index (χ4n) is 7.47. The van der Waals surface area contributed by atoms with E-state index in [1.165, 1.54) is 0 Å². The van der Waals surface area contributed by atoms with Crippen LogP contribution in [0.2, 0.25) is 0 Å². The molecular formula is C22H29NO2. The molecule has 0 aliphatic heterocycles. The Morgan fingerprint density at radius 2 is 1.76 bits per heavy atom. The van der Waals surface area contributed by atoms with E-state index in [-0.39, 0.29) is 16.6 Å². The van der Waals surface area contributed by atoms with Crippen LogP contribution in [0.15, 0.2) is 11.6 Å². The molecule has 6 atom stereocenters. The normalized spacial score (nSPS) is 48.0. The van der Waals surface area contributed by atoms with Crippen LogP contribution in [-0.4, -0.2) is 11.6 Å². The summed E-state index contributed by atoms with van der Waals surface area (Å²) in [5.74, 6) is 2.34. The number of carbonyl (C=O) groups excluding carboxylic acids is 2. The summed E-state index contributed by atoms with van der Waals surface area (Å²) >= 11 is 0. The van der Waals surface area contributed by atoms with Crippen molar-refractivity contribution in [1.82, 2.24) is 0 Å². The van der Waals surface area contributed by atoms with Crippen LogP contribution in [-0.2, 0) is 9.59 Å². The molecule has 0 heterocycles. The van der Waals surface area contributed by atoms with Gasteiger partial charge in [0.05, 0.1) is 5.57 Å². The summed E-state index contributed by atoms with van der Waals surface area (Å²) in [6, 6.07) is 2.18. The minimum Gasteiger partial charge on any atom is -0.299 e. The molecule has 0 unspecified atom stereocenters. The molecule has 0 N–H and O–H groups in total. The van der Waals surface area contributed by atoms with Crippen LogP contribution in [0.25, 0.3) is 0 Å². The Labute approximate surface area is 150 Å². The Morgan fingerprint density at radius 3 is 2.44 bits per heavy atom. The molecule has 0 amide bonds. The molecule has 0 radical (unpaired) electrons. The van der Waals surface area contributed by atoms with Crippen LogP contribution in [0, 0.1) is 51.2 Å². The summed E-state index contributed by atoms with van der Waals surface area (Å²) in [6.07, 6.45) is 8.00. The third kappa shape index (κ3) is 1.97. The van der Waals surface area contributed by atoms with Crippen LogP contribution in [0.1, 0.15) is 66.2 Å². The van der Waals surface area contributed by atoms with Crippen molar-refractivity contribution in [1.29, 1.82) is 5.26 Å². The Balaban J connectivity index is 1.79. The van der Waals surface area contributed by atoms with E-state index < -0.39 is 5.41 Å². The number of rotatable bonds is 0. The highest BCUT2D eigenvalue weighted by atomic mass is 16.1. The molecule has 134 valence electrons. The summed E-state index contributed by atoms with van der Waals surface area (Å²) in [5, 5.41) is 9.54. The van der Waals surface area contributed by atoms with E-state index in [2.05, 4.69) is 19.9 Å². The maximum absolute atomic E-state index is 12.8. The molecule has 25 heavy (non-hydrogen) atoms. The molecule has 4 aliphatic carbocycles. The SMILES string of the molecule is CC1(C)C(=O)C(C#N)=C[C@]2(C)[C@H]3CC[C@]4(C)C(=O)CC[C@H]4[C@@H]3CC[C@@H]12. The molecule has 0 spiro atoms. The van der Waals surface area contributed by atoms with Gasteiger partial charge in [-0.3, -0.25) is 9.59 Å². The van der Waals surface area contributed by atoms with Gasteiger partial charge in [-0.1, -0.05) is 33.8 Å². The predicted molar refractivity (Wildman–Crippen MR) is 95.4 cm³/mol. The van der Waals surface area contributed by atoms with Crippen LogP contribution < -0.4 is 0 Å². The van der Waals surface area contributed by atoms with Crippen molar-refractivity contribution < 1.29 is 9.59 Å². The average Bonchev–Trinajstić information content (AvgIpc) is 2.86. The van der Waals surface area contributed by atoms with Gasteiger partial charge < -0.3 is 0 Å². The number of Topliss-reactive ketones (excluding diaryl/α,β-unsaturated/α-hetero) is 2. The molecule has 4 rings (SSSR count). The molecule has 0 bridgehead atoms. The maximum Gasteiger partial charge on any atom is 0.178 e. The molecule has 3 fully saturated rings. The Hall–Kier alpha value is -1.43. The first-order valence-electron chi connectivity index (χ1n) is 9.87. The molecule has 4 aliphatic rings. The quantitative estimate of drug-likeness (QED) is 0.654. The topological polar surface area (TPSA) is 57.9 Å². The second-order valence-corrected chi connectivity index (χ2v) is 10.0. The Morgan fingerprint density at radius 1 is 1.04 bits per heavy atom. The average molecular weight is 339 g/mol. The van der Waals surface area contributed by atoms with E-state index in [0.29, 0.717) is 35.0 Å². The standard InChI is InChI=1S/C22H29NO2/c1-20(2)17-7-5-14-15-6-8-18(24)21(15,3)10-9-16(14)22(17,4)11-13(12-23)19(20)25/h11,14-17H,5-10H2,1-4H3/t14-,15-,16-,17-,21-,22+/m0/s1.